The number of nitrogens with zero attached hydrogens (tertiary/aromatic N) is 8. The third-order valence-corrected chi connectivity index (χ3v) is 4.31. The van der Waals surface area contributed by atoms with Crippen molar-refractivity contribution in [3.63, 3.8) is 0 Å². The summed E-state index contributed by atoms with van der Waals surface area (Å²) in [6.07, 6.45) is 3.30. The maximum atomic E-state index is 4.81. The average molecular weight is 341 g/mol. The van der Waals surface area contributed by atoms with Gasteiger partial charge in [-0.2, -0.15) is 0 Å². The van der Waals surface area contributed by atoms with E-state index in [1.807, 2.05) is 6.92 Å². The molecule has 25 heavy (non-hydrogen) atoms. The first-order valence-electron chi connectivity index (χ1n) is 8.40. The second-order valence-electron chi connectivity index (χ2n) is 7.36. The van der Waals surface area contributed by atoms with Gasteiger partial charge in [0, 0.05) is 18.5 Å². The fourth-order valence-corrected chi connectivity index (χ4v) is 2.82. The fourth-order valence-electron chi connectivity index (χ4n) is 2.82. The quantitative estimate of drug-likeness (QED) is 0.709. The summed E-state index contributed by atoms with van der Waals surface area (Å²) in [6.45, 7) is 10.4. The van der Waals surface area contributed by atoms with Crippen molar-refractivity contribution in [3.8, 4) is 0 Å². The van der Waals surface area contributed by atoms with Crippen LogP contribution < -0.4 is 4.90 Å². The molecule has 0 spiro atoms. The van der Waals surface area contributed by atoms with Gasteiger partial charge in [-0.05, 0) is 19.8 Å². The number of aryl methyl sites for hydroxylation is 1. The Morgan fingerprint density at radius 1 is 1.20 bits per heavy atom. The molecule has 0 bridgehead atoms. The van der Waals surface area contributed by atoms with Crippen LogP contribution in [0.25, 0.3) is 11.2 Å². The van der Waals surface area contributed by atoms with E-state index in [9.17, 15) is 0 Å². The molecule has 4 heterocycles. The summed E-state index contributed by atoms with van der Waals surface area (Å²) in [4.78, 5) is 11.8. The number of hydrogen-bond acceptors (Lipinski definition) is 8. The van der Waals surface area contributed by atoms with Crippen molar-refractivity contribution < 1.29 is 4.63 Å². The molecule has 9 heteroatoms. The van der Waals surface area contributed by atoms with Crippen LogP contribution in [0.4, 0.5) is 5.82 Å². The minimum absolute atomic E-state index is 0.174. The zero-order valence-electron chi connectivity index (χ0n) is 14.9. The highest BCUT2D eigenvalue weighted by atomic mass is 16.6. The normalized spacial score (nSPS) is 15.4. The molecular formula is C16H21N8O. The number of rotatable bonds is 3. The molecule has 1 aliphatic heterocycles. The van der Waals surface area contributed by atoms with E-state index < -0.39 is 0 Å². The molecule has 0 atom stereocenters. The predicted molar refractivity (Wildman–Crippen MR) is 91.1 cm³/mol. The van der Waals surface area contributed by atoms with Gasteiger partial charge in [0.1, 0.15) is 17.2 Å². The molecule has 1 aliphatic rings. The first-order chi connectivity index (χ1) is 11.9. The highest BCUT2D eigenvalue weighted by molar-refractivity contribution is 5.83. The lowest BCUT2D eigenvalue weighted by Gasteiger charge is -2.21. The van der Waals surface area contributed by atoms with Crippen LogP contribution in [0.15, 0.2) is 4.63 Å². The highest BCUT2D eigenvalue weighted by Crippen LogP contribution is 2.29. The molecule has 3 aromatic heterocycles. The molecular weight excluding hydrogens is 320 g/mol. The van der Waals surface area contributed by atoms with Crippen LogP contribution in [0.5, 0.6) is 0 Å². The highest BCUT2D eigenvalue weighted by Gasteiger charge is 2.26. The molecule has 1 radical (unpaired) electrons. The third-order valence-electron chi connectivity index (χ3n) is 4.31. The van der Waals surface area contributed by atoms with Gasteiger partial charge >= 0.3 is 0 Å². The van der Waals surface area contributed by atoms with Gasteiger partial charge in [-0.15, -0.1) is 5.10 Å². The lowest BCUT2D eigenvalue weighted by Crippen LogP contribution is -2.24. The molecule has 3 aromatic rings. The van der Waals surface area contributed by atoms with Crippen LogP contribution in [0.1, 0.15) is 44.4 Å². The summed E-state index contributed by atoms with van der Waals surface area (Å²) in [6, 6.07) is 0. The molecule has 0 unspecified atom stereocenters. The number of aromatic nitrogens is 7. The number of hydrogen-bond donors (Lipinski definition) is 0. The monoisotopic (exact) mass is 341 g/mol. The minimum atomic E-state index is -0.174. The van der Waals surface area contributed by atoms with Crippen molar-refractivity contribution in [1.29, 1.82) is 0 Å². The van der Waals surface area contributed by atoms with Crippen LogP contribution in [-0.2, 0) is 12.0 Å². The average Bonchev–Trinajstić information content (AvgIpc) is 3.29. The van der Waals surface area contributed by atoms with Crippen LogP contribution in [-0.4, -0.2) is 48.4 Å². The maximum absolute atomic E-state index is 4.81. The van der Waals surface area contributed by atoms with Crippen LogP contribution >= 0.6 is 0 Å². The number of anilines is 1. The largest absolute Gasteiger partial charge is 0.354 e. The lowest BCUT2D eigenvalue weighted by atomic mass is 9.96. The van der Waals surface area contributed by atoms with E-state index in [1.165, 1.54) is 0 Å². The van der Waals surface area contributed by atoms with Crippen LogP contribution in [0.2, 0.25) is 0 Å². The van der Waals surface area contributed by atoms with Crippen molar-refractivity contribution >= 4 is 17.0 Å². The standard InChI is InChI=1S/C16H21N8O/c1-10-11(21-25-20-10)9-24-14-12(19-22-24)13(23-7-5-6-8-23)17-15(18-14)16(2,3)4/h5H,6-9H2,1-4H3. The summed E-state index contributed by atoms with van der Waals surface area (Å²) < 4.78 is 6.52. The van der Waals surface area contributed by atoms with Gasteiger partial charge in [0.2, 0.25) is 0 Å². The molecule has 9 nitrogen and oxygen atoms in total. The van der Waals surface area contributed by atoms with Gasteiger partial charge in [-0.1, -0.05) is 36.3 Å². The van der Waals surface area contributed by atoms with Crippen LogP contribution in [0, 0.1) is 13.3 Å². The Balaban J connectivity index is 1.85. The van der Waals surface area contributed by atoms with Crippen molar-refractivity contribution in [2.24, 2.45) is 0 Å². The molecule has 4 rings (SSSR count). The second-order valence-corrected chi connectivity index (χ2v) is 7.36. The van der Waals surface area contributed by atoms with E-state index in [4.69, 9.17) is 14.6 Å². The Labute approximate surface area is 145 Å². The minimum Gasteiger partial charge on any atom is -0.354 e. The molecule has 0 N–H and O–H groups in total. The third kappa shape index (κ3) is 2.83. The smallest absolute Gasteiger partial charge is 0.184 e. The summed E-state index contributed by atoms with van der Waals surface area (Å²) >= 11 is 0. The van der Waals surface area contributed by atoms with E-state index >= 15 is 0 Å². The molecule has 0 saturated carbocycles. The summed E-state index contributed by atoms with van der Waals surface area (Å²) in [5.41, 5.74) is 2.72. The first-order valence-corrected chi connectivity index (χ1v) is 8.40. The van der Waals surface area contributed by atoms with Gasteiger partial charge in [-0.3, -0.25) is 0 Å². The summed E-state index contributed by atoms with van der Waals surface area (Å²) in [7, 11) is 0. The summed E-state index contributed by atoms with van der Waals surface area (Å²) in [5, 5.41) is 16.4. The van der Waals surface area contributed by atoms with E-state index in [2.05, 4.69) is 52.7 Å². The molecule has 1 saturated heterocycles. The zero-order valence-corrected chi connectivity index (χ0v) is 14.9. The van der Waals surface area contributed by atoms with Gasteiger partial charge in [0.15, 0.2) is 17.0 Å². The second kappa shape index (κ2) is 5.75. The van der Waals surface area contributed by atoms with E-state index in [-0.39, 0.29) is 5.41 Å². The lowest BCUT2D eigenvalue weighted by molar-refractivity contribution is 0.300. The van der Waals surface area contributed by atoms with Gasteiger partial charge in [0.25, 0.3) is 0 Å². The van der Waals surface area contributed by atoms with Crippen molar-refractivity contribution in [2.75, 3.05) is 18.0 Å². The summed E-state index contributed by atoms with van der Waals surface area (Å²) in [5.74, 6) is 1.63. The van der Waals surface area contributed by atoms with Crippen molar-refractivity contribution in [1.82, 2.24) is 35.3 Å². The Bertz CT molecular complexity index is 901. The topological polar surface area (TPSA) is 98.6 Å². The molecule has 0 aromatic carbocycles. The molecule has 131 valence electrons. The van der Waals surface area contributed by atoms with Crippen molar-refractivity contribution in [3.05, 3.63) is 23.6 Å². The van der Waals surface area contributed by atoms with Gasteiger partial charge in [0.05, 0.1) is 6.54 Å². The van der Waals surface area contributed by atoms with E-state index in [1.54, 1.807) is 4.68 Å². The van der Waals surface area contributed by atoms with Gasteiger partial charge in [-0.25, -0.2) is 19.3 Å². The number of fused-ring (bicyclic) bond motifs is 1. The van der Waals surface area contributed by atoms with Crippen molar-refractivity contribution in [2.45, 2.75) is 46.1 Å². The van der Waals surface area contributed by atoms with Crippen LogP contribution in [0.3, 0.4) is 0 Å². The molecule has 1 fully saturated rings. The molecule has 0 amide bonds. The van der Waals surface area contributed by atoms with Gasteiger partial charge < -0.3 is 4.90 Å². The SMILES string of the molecule is Cc1nonc1Cn1nnc2c(N3C[CH]CC3)nc(C(C)(C)C)nc21. The Morgan fingerprint density at radius 2 is 2.04 bits per heavy atom. The first kappa shape index (κ1) is 15.9. The Morgan fingerprint density at radius 3 is 2.68 bits per heavy atom. The predicted octanol–water partition coefficient (Wildman–Crippen LogP) is 1.67. The maximum Gasteiger partial charge on any atom is 0.184 e. The van der Waals surface area contributed by atoms with E-state index in [0.717, 1.165) is 48.1 Å². The zero-order chi connectivity index (χ0) is 17.6. The molecule has 0 aliphatic carbocycles. The Kier molecular flexibility index (Phi) is 3.66. The fraction of sp³-hybridized carbons (Fsp3) is 0.562. The Hall–Kier alpha value is -2.58. The van der Waals surface area contributed by atoms with E-state index in [0.29, 0.717) is 12.2 Å².